The van der Waals surface area contributed by atoms with Crippen LogP contribution in [0.2, 0.25) is 0 Å². The van der Waals surface area contributed by atoms with E-state index in [1.54, 1.807) is 0 Å². The highest BCUT2D eigenvalue weighted by molar-refractivity contribution is 9.10. The highest BCUT2D eigenvalue weighted by Gasteiger charge is 2.43. The fourth-order valence-corrected chi connectivity index (χ4v) is 4.13. The van der Waals surface area contributed by atoms with Crippen LogP contribution < -0.4 is 0 Å². The van der Waals surface area contributed by atoms with E-state index in [4.69, 9.17) is 0 Å². The van der Waals surface area contributed by atoms with Gasteiger partial charge in [-0.2, -0.15) is 5.10 Å². The molecule has 5 heterocycles. The van der Waals surface area contributed by atoms with E-state index in [1.807, 2.05) is 35.5 Å². The van der Waals surface area contributed by atoms with Gasteiger partial charge in [-0.15, -0.1) is 0 Å². The Labute approximate surface area is 139 Å². The predicted octanol–water partition coefficient (Wildman–Crippen LogP) is 2.00. The second-order valence-electron chi connectivity index (χ2n) is 6.26. The minimum atomic E-state index is 0.717. The van der Waals surface area contributed by atoms with E-state index in [0.717, 1.165) is 36.2 Å². The fraction of sp³-hybridized carbons (Fsp3) is 0.500. The van der Waals surface area contributed by atoms with Gasteiger partial charge in [-0.3, -0.25) is 19.5 Å². The number of aromatic nitrogens is 3. The van der Waals surface area contributed by atoms with E-state index in [9.17, 15) is 0 Å². The summed E-state index contributed by atoms with van der Waals surface area (Å²) in [6, 6.07) is 5.59. The lowest BCUT2D eigenvalue weighted by atomic mass is 9.87. The molecule has 2 unspecified atom stereocenters. The van der Waals surface area contributed by atoms with Gasteiger partial charge in [-0.05, 0) is 40.0 Å². The Morgan fingerprint density at radius 3 is 2.77 bits per heavy atom. The standard InChI is InChI=1S/C16H20BrN5/c17-14-6-13(8-18-9-14)10-20-11-15-7-16(12-20)22(15)5-4-21-3-1-2-19-21/h1-3,6,8-9,15-16H,4-5,7,10-12H2. The largest absolute Gasteiger partial charge is 0.296 e. The topological polar surface area (TPSA) is 37.2 Å². The van der Waals surface area contributed by atoms with Crippen LogP contribution >= 0.6 is 15.9 Å². The molecule has 0 spiro atoms. The number of halogens is 1. The van der Waals surface area contributed by atoms with Crippen LogP contribution in [0.15, 0.2) is 41.4 Å². The number of piperidine rings is 1. The summed E-state index contributed by atoms with van der Waals surface area (Å²) in [7, 11) is 0. The molecule has 5 rings (SSSR count). The molecule has 0 amide bonds. The maximum Gasteiger partial charge on any atom is 0.0536 e. The average Bonchev–Trinajstić information content (AvgIpc) is 3.01. The number of pyridine rings is 1. The molecule has 0 aromatic carbocycles. The second kappa shape index (κ2) is 6.10. The highest BCUT2D eigenvalue weighted by atomic mass is 79.9. The van der Waals surface area contributed by atoms with Crippen molar-refractivity contribution in [2.45, 2.75) is 31.6 Å². The number of fused-ring (bicyclic) bond motifs is 2. The van der Waals surface area contributed by atoms with Crippen LogP contribution in [-0.4, -0.2) is 56.3 Å². The monoisotopic (exact) mass is 361 g/mol. The van der Waals surface area contributed by atoms with E-state index >= 15 is 0 Å². The fourth-order valence-electron chi connectivity index (χ4n) is 3.72. The van der Waals surface area contributed by atoms with Crippen LogP contribution in [0.5, 0.6) is 0 Å². The zero-order chi connectivity index (χ0) is 14.9. The number of rotatable bonds is 5. The van der Waals surface area contributed by atoms with Crippen LogP contribution in [0.3, 0.4) is 0 Å². The van der Waals surface area contributed by atoms with Crippen molar-refractivity contribution in [3.63, 3.8) is 0 Å². The Hall–Kier alpha value is -1.24. The van der Waals surface area contributed by atoms with E-state index in [-0.39, 0.29) is 0 Å². The predicted molar refractivity (Wildman–Crippen MR) is 88.3 cm³/mol. The summed E-state index contributed by atoms with van der Waals surface area (Å²) in [4.78, 5) is 9.47. The molecule has 116 valence electrons. The molecule has 6 heteroatoms. The minimum absolute atomic E-state index is 0.717. The third-order valence-electron chi connectivity index (χ3n) is 4.73. The lowest BCUT2D eigenvalue weighted by molar-refractivity contribution is -0.0733. The van der Waals surface area contributed by atoms with Crippen LogP contribution in [0.4, 0.5) is 0 Å². The van der Waals surface area contributed by atoms with E-state index in [1.165, 1.54) is 25.1 Å². The smallest absolute Gasteiger partial charge is 0.0536 e. The van der Waals surface area contributed by atoms with E-state index in [0.29, 0.717) is 0 Å². The van der Waals surface area contributed by atoms with Crippen molar-refractivity contribution in [3.05, 3.63) is 47.0 Å². The number of piperazine rings is 1. The molecule has 3 saturated heterocycles. The summed E-state index contributed by atoms with van der Waals surface area (Å²) < 4.78 is 3.09. The third-order valence-corrected chi connectivity index (χ3v) is 5.17. The molecule has 2 aromatic rings. The Balaban J connectivity index is 1.30. The van der Waals surface area contributed by atoms with Crippen molar-refractivity contribution < 1.29 is 0 Å². The lowest BCUT2D eigenvalue weighted by Crippen LogP contribution is -2.68. The van der Waals surface area contributed by atoms with E-state index in [2.05, 4.69) is 41.9 Å². The second-order valence-corrected chi connectivity index (χ2v) is 7.17. The zero-order valence-electron chi connectivity index (χ0n) is 12.5. The van der Waals surface area contributed by atoms with Crippen molar-refractivity contribution in [1.82, 2.24) is 24.6 Å². The lowest BCUT2D eigenvalue weighted by Gasteiger charge is -2.56. The molecule has 0 saturated carbocycles. The van der Waals surface area contributed by atoms with Crippen LogP contribution in [-0.2, 0) is 13.1 Å². The molecular weight excluding hydrogens is 342 g/mol. The van der Waals surface area contributed by atoms with Crippen molar-refractivity contribution >= 4 is 15.9 Å². The van der Waals surface area contributed by atoms with Gasteiger partial charge in [-0.1, -0.05) is 0 Å². The first-order chi connectivity index (χ1) is 10.8. The molecule has 2 bridgehead atoms. The summed E-state index contributed by atoms with van der Waals surface area (Å²) in [5.41, 5.74) is 1.29. The zero-order valence-corrected chi connectivity index (χ0v) is 14.1. The minimum Gasteiger partial charge on any atom is -0.296 e. The molecule has 2 aromatic heterocycles. The maximum absolute atomic E-state index is 4.29. The van der Waals surface area contributed by atoms with Gasteiger partial charge in [0.1, 0.15) is 0 Å². The Kier molecular flexibility index (Phi) is 3.98. The first-order valence-electron chi connectivity index (χ1n) is 7.83. The number of nitrogens with zero attached hydrogens (tertiary/aromatic N) is 5. The van der Waals surface area contributed by atoms with Crippen LogP contribution in [0, 0.1) is 0 Å². The molecule has 2 atom stereocenters. The molecule has 5 nitrogen and oxygen atoms in total. The van der Waals surface area contributed by atoms with Gasteiger partial charge in [0.05, 0.1) is 6.54 Å². The van der Waals surface area contributed by atoms with Crippen LogP contribution in [0.1, 0.15) is 12.0 Å². The van der Waals surface area contributed by atoms with Gasteiger partial charge in [0.15, 0.2) is 0 Å². The highest BCUT2D eigenvalue weighted by Crippen LogP contribution is 2.32. The summed E-state index contributed by atoms with van der Waals surface area (Å²) in [6.45, 7) is 5.45. The first kappa shape index (κ1) is 14.4. The number of hydrogen-bond acceptors (Lipinski definition) is 4. The number of hydrogen-bond donors (Lipinski definition) is 0. The Morgan fingerprint density at radius 2 is 2.05 bits per heavy atom. The summed E-state index contributed by atoms with van der Waals surface area (Å²) >= 11 is 3.50. The van der Waals surface area contributed by atoms with E-state index < -0.39 is 0 Å². The SMILES string of the molecule is Brc1cncc(CN2CC3CC(C2)N3CCn2cccn2)c1. The van der Waals surface area contributed by atoms with Gasteiger partial charge in [-0.25, -0.2) is 0 Å². The van der Waals surface area contributed by atoms with Gasteiger partial charge < -0.3 is 0 Å². The molecule has 0 aliphatic carbocycles. The molecule has 3 aliphatic rings. The summed E-state index contributed by atoms with van der Waals surface area (Å²) in [5.74, 6) is 0. The van der Waals surface area contributed by atoms with Gasteiger partial charge in [0.2, 0.25) is 0 Å². The Morgan fingerprint density at radius 1 is 1.18 bits per heavy atom. The van der Waals surface area contributed by atoms with Crippen LogP contribution in [0.25, 0.3) is 0 Å². The van der Waals surface area contributed by atoms with Crippen molar-refractivity contribution in [2.75, 3.05) is 19.6 Å². The molecule has 3 aliphatic heterocycles. The molecule has 22 heavy (non-hydrogen) atoms. The van der Waals surface area contributed by atoms with Gasteiger partial charge >= 0.3 is 0 Å². The quantitative estimate of drug-likeness (QED) is 0.816. The van der Waals surface area contributed by atoms with Gasteiger partial charge in [0, 0.05) is 67.5 Å². The van der Waals surface area contributed by atoms with Crippen molar-refractivity contribution in [1.29, 1.82) is 0 Å². The molecule has 3 fully saturated rings. The normalized spacial score (nSPS) is 25.1. The maximum atomic E-state index is 4.29. The first-order valence-corrected chi connectivity index (χ1v) is 8.62. The Bertz CT molecular complexity index is 617. The summed E-state index contributed by atoms with van der Waals surface area (Å²) in [6.07, 6.45) is 9.06. The average molecular weight is 362 g/mol. The van der Waals surface area contributed by atoms with Crippen molar-refractivity contribution in [2.24, 2.45) is 0 Å². The molecule has 0 N–H and O–H groups in total. The molecular formula is C16H20BrN5. The third kappa shape index (κ3) is 2.95. The molecule has 0 radical (unpaired) electrons. The van der Waals surface area contributed by atoms with Gasteiger partial charge in [0.25, 0.3) is 0 Å². The summed E-state index contributed by atoms with van der Waals surface area (Å²) in [5, 5.41) is 4.29. The van der Waals surface area contributed by atoms with Crippen molar-refractivity contribution in [3.8, 4) is 0 Å².